The Morgan fingerprint density at radius 3 is 1.08 bits per heavy atom. The first-order valence-corrected chi connectivity index (χ1v) is 3.32. The maximum absolute atomic E-state index is 5.65. The smallest absolute Gasteiger partial charge is 0.0192 e. The Labute approximate surface area is 119 Å². The molecule has 0 heterocycles. The first-order valence-electron chi connectivity index (χ1n) is 3.32. The summed E-state index contributed by atoms with van der Waals surface area (Å²) in [6.07, 6.45) is 4.80. The van der Waals surface area contributed by atoms with Crippen LogP contribution >= 0.6 is 49.6 Å². The first-order chi connectivity index (χ1) is 3.80. The van der Waals surface area contributed by atoms with Crippen LogP contribution in [0.3, 0.4) is 0 Å². The van der Waals surface area contributed by atoms with Gasteiger partial charge in [-0.1, -0.05) is 12.8 Å². The first kappa shape index (κ1) is 29.3. The minimum absolute atomic E-state index is 0. The van der Waals surface area contributed by atoms with E-state index in [2.05, 4.69) is 0 Å². The Morgan fingerprint density at radius 1 is 0.692 bits per heavy atom. The van der Waals surface area contributed by atoms with Crippen molar-refractivity contribution in [2.75, 3.05) is 0 Å². The fourth-order valence-electron chi connectivity index (χ4n) is 1.19. The van der Waals surface area contributed by atoms with Gasteiger partial charge in [-0.05, 0) is 12.8 Å². The molecule has 0 bridgehead atoms. The molecular weight excluding hydrogens is 437 g/mol. The van der Waals surface area contributed by atoms with Crippen molar-refractivity contribution in [2.24, 2.45) is 11.5 Å². The minimum Gasteiger partial charge on any atom is -0.326 e. The maximum atomic E-state index is 5.65. The molecule has 0 aromatic rings. The summed E-state index contributed by atoms with van der Waals surface area (Å²) >= 11 is 0. The number of hydrogen-bond acceptors (Lipinski definition) is 2. The Kier molecular flexibility index (Phi) is 36.6. The zero-order valence-electron chi connectivity index (χ0n) is 7.09. The van der Waals surface area contributed by atoms with Crippen LogP contribution in [-0.2, 0) is 21.1 Å². The average molecular weight is 455 g/mol. The van der Waals surface area contributed by atoms with Crippen LogP contribution in [0.2, 0.25) is 0 Å². The summed E-state index contributed by atoms with van der Waals surface area (Å²) in [5.41, 5.74) is 11.3. The number of nitrogens with two attached hydrogens (primary N) is 2. The predicted molar refractivity (Wildman–Crippen MR) is 63.4 cm³/mol. The van der Waals surface area contributed by atoms with Gasteiger partial charge in [-0.25, -0.2) is 0 Å². The zero-order chi connectivity index (χ0) is 5.98. The molecular formula is C6H18Cl4N2Pt. The van der Waals surface area contributed by atoms with Crippen LogP contribution in [0.25, 0.3) is 0 Å². The molecule has 0 spiro atoms. The summed E-state index contributed by atoms with van der Waals surface area (Å²) in [7, 11) is 0. The van der Waals surface area contributed by atoms with Crippen LogP contribution in [0, 0.1) is 0 Å². The molecule has 1 aliphatic rings. The summed E-state index contributed by atoms with van der Waals surface area (Å²) in [6, 6.07) is 0.562. The zero-order valence-corrected chi connectivity index (χ0v) is 12.6. The Bertz CT molecular complexity index is 79.0. The summed E-state index contributed by atoms with van der Waals surface area (Å²) < 4.78 is 0. The van der Waals surface area contributed by atoms with Gasteiger partial charge < -0.3 is 11.5 Å². The van der Waals surface area contributed by atoms with Gasteiger partial charge in [-0.2, -0.15) is 0 Å². The summed E-state index contributed by atoms with van der Waals surface area (Å²) in [4.78, 5) is 0. The molecule has 0 radical (unpaired) electrons. The van der Waals surface area contributed by atoms with Crippen molar-refractivity contribution in [1.29, 1.82) is 0 Å². The largest absolute Gasteiger partial charge is 0.326 e. The monoisotopic (exact) mass is 453 g/mol. The van der Waals surface area contributed by atoms with Gasteiger partial charge >= 0.3 is 0 Å². The molecule has 2 nitrogen and oxygen atoms in total. The van der Waals surface area contributed by atoms with Crippen molar-refractivity contribution in [2.45, 2.75) is 37.8 Å². The molecule has 0 unspecified atom stereocenters. The van der Waals surface area contributed by atoms with Crippen molar-refractivity contribution in [3.8, 4) is 0 Å². The molecule has 90 valence electrons. The van der Waals surface area contributed by atoms with Crippen LogP contribution < -0.4 is 11.5 Å². The molecule has 2 atom stereocenters. The van der Waals surface area contributed by atoms with E-state index in [0.29, 0.717) is 0 Å². The molecule has 13 heavy (non-hydrogen) atoms. The molecule has 1 saturated carbocycles. The molecule has 7 heteroatoms. The number of halogens is 4. The van der Waals surface area contributed by atoms with Crippen molar-refractivity contribution < 1.29 is 21.1 Å². The number of hydrogen-bond donors (Lipinski definition) is 2. The predicted octanol–water partition coefficient (Wildman–Crippen LogP) is 1.90. The molecule has 1 aliphatic carbocycles. The van der Waals surface area contributed by atoms with E-state index < -0.39 is 0 Å². The van der Waals surface area contributed by atoms with Crippen LogP contribution in [0.5, 0.6) is 0 Å². The Balaban J connectivity index is -0.0000000427. The SMILES string of the molecule is Cl.Cl.Cl.Cl.N[C@@H]1CCCC[C@H]1N.[Pt]. The van der Waals surface area contributed by atoms with Crippen LogP contribution in [-0.4, -0.2) is 12.1 Å². The van der Waals surface area contributed by atoms with E-state index in [0.717, 1.165) is 12.8 Å². The van der Waals surface area contributed by atoms with E-state index in [1.807, 2.05) is 0 Å². The van der Waals surface area contributed by atoms with Gasteiger partial charge in [0.05, 0.1) is 0 Å². The van der Waals surface area contributed by atoms with E-state index >= 15 is 0 Å². The maximum Gasteiger partial charge on any atom is 0.0192 e. The second kappa shape index (κ2) is 16.2. The quantitative estimate of drug-likeness (QED) is 0.587. The van der Waals surface area contributed by atoms with Crippen molar-refractivity contribution in [3.63, 3.8) is 0 Å². The van der Waals surface area contributed by atoms with Gasteiger partial charge in [0.1, 0.15) is 0 Å². The van der Waals surface area contributed by atoms with Gasteiger partial charge in [0, 0.05) is 33.1 Å². The third-order valence-corrected chi connectivity index (χ3v) is 1.87. The van der Waals surface area contributed by atoms with Crippen molar-refractivity contribution >= 4 is 49.6 Å². The second-order valence-electron chi connectivity index (χ2n) is 2.61. The normalized spacial score (nSPS) is 24.5. The van der Waals surface area contributed by atoms with Crippen molar-refractivity contribution in [1.82, 2.24) is 0 Å². The summed E-state index contributed by atoms with van der Waals surface area (Å²) in [5.74, 6) is 0. The van der Waals surface area contributed by atoms with Crippen molar-refractivity contribution in [3.05, 3.63) is 0 Å². The molecule has 0 aromatic carbocycles. The topological polar surface area (TPSA) is 52.0 Å². The Morgan fingerprint density at radius 2 is 0.923 bits per heavy atom. The standard InChI is InChI=1S/C6H14N2.4ClH.Pt/c7-5-3-1-2-4-6(5)8;;;;;/h5-6H,1-4,7-8H2;4*1H;/t5-,6-;;;;;/m1...../s1. The van der Waals surface area contributed by atoms with Gasteiger partial charge in [0.15, 0.2) is 0 Å². The molecule has 0 saturated heterocycles. The van der Waals surface area contributed by atoms with Gasteiger partial charge in [0.2, 0.25) is 0 Å². The Hall–Kier alpha value is 1.77. The molecule has 1 fully saturated rings. The molecule has 0 aliphatic heterocycles. The van der Waals surface area contributed by atoms with Gasteiger partial charge in [-0.15, -0.1) is 49.6 Å². The summed E-state index contributed by atoms with van der Waals surface area (Å²) in [6.45, 7) is 0. The van der Waals surface area contributed by atoms with Gasteiger partial charge in [0.25, 0.3) is 0 Å². The fraction of sp³-hybridized carbons (Fsp3) is 1.00. The molecule has 0 amide bonds. The van der Waals surface area contributed by atoms with Crippen LogP contribution in [0.1, 0.15) is 25.7 Å². The average Bonchev–Trinajstić information content (AvgIpc) is 1.77. The molecule has 4 N–H and O–H groups in total. The molecule has 0 aromatic heterocycles. The number of rotatable bonds is 0. The molecule has 1 rings (SSSR count). The fourth-order valence-corrected chi connectivity index (χ4v) is 1.19. The summed E-state index contributed by atoms with van der Waals surface area (Å²) in [5, 5.41) is 0. The van der Waals surface area contributed by atoms with E-state index in [1.54, 1.807) is 0 Å². The second-order valence-corrected chi connectivity index (χ2v) is 2.61. The van der Waals surface area contributed by atoms with E-state index in [4.69, 9.17) is 11.5 Å². The van der Waals surface area contributed by atoms with E-state index in [9.17, 15) is 0 Å². The third-order valence-electron chi connectivity index (χ3n) is 1.87. The van der Waals surface area contributed by atoms with Crippen LogP contribution in [0.15, 0.2) is 0 Å². The minimum atomic E-state index is 0. The van der Waals surface area contributed by atoms with E-state index in [-0.39, 0.29) is 82.8 Å². The van der Waals surface area contributed by atoms with Gasteiger partial charge in [-0.3, -0.25) is 0 Å². The van der Waals surface area contributed by atoms with E-state index in [1.165, 1.54) is 12.8 Å². The third kappa shape index (κ3) is 11.7. The van der Waals surface area contributed by atoms with Crippen LogP contribution in [0.4, 0.5) is 0 Å².